The number of nitrogen functional groups attached to an aromatic ring is 1. The highest BCUT2D eigenvalue weighted by Crippen LogP contribution is 2.30. The molecule has 0 aliphatic carbocycles. The second-order valence-corrected chi connectivity index (χ2v) is 5.81. The van der Waals surface area contributed by atoms with Gasteiger partial charge in [-0.15, -0.1) is 0 Å². The number of esters is 1. The molecule has 0 saturated carbocycles. The normalized spacial score (nSPS) is 10.5. The van der Waals surface area contributed by atoms with Crippen molar-refractivity contribution in [3.63, 3.8) is 0 Å². The molecule has 3 rings (SSSR count). The molecular weight excluding hydrogens is 372 g/mol. The average Bonchev–Trinajstić information content (AvgIpc) is 2.62. The highest BCUT2D eigenvalue weighted by Gasteiger charge is 2.20. The van der Waals surface area contributed by atoms with Crippen molar-refractivity contribution in [3.05, 3.63) is 77.4 Å². The van der Waals surface area contributed by atoms with Crippen LogP contribution in [0.1, 0.15) is 20.7 Å². The van der Waals surface area contributed by atoms with Crippen LogP contribution in [-0.4, -0.2) is 22.2 Å². The molecule has 0 fully saturated rings. The van der Waals surface area contributed by atoms with Crippen molar-refractivity contribution in [3.8, 4) is 22.6 Å². The van der Waals surface area contributed by atoms with Gasteiger partial charge < -0.3 is 20.7 Å². The van der Waals surface area contributed by atoms with E-state index in [-0.39, 0.29) is 28.1 Å². The van der Waals surface area contributed by atoms with E-state index in [1.807, 2.05) is 0 Å². The molecule has 0 radical (unpaired) electrons. The molecule has 142 valence electrons. The number of anilines is 1. The maximum absolute atomic E-state index is 14.0. The quantitative estimate of drug-likeness (QED) is 0.358. The first-order valence-electron chi connectivity index (χ1n) is 7.89. The topological polar surface area (TPSA) is 110 Å². The van der Waals surface area contributed by atoms with E-state index in [1.165, 1.54) is 30.3 Å². The molecule has 28 heavy (non-hydrogen) atoms. The molecule has 0 bridgehead atoms. The number of halogens is 2. The molecule has 3 aromatic rings. The maximum atomic E-state index is 14.0. The van der Waals surface area contributed by atoms with E-state index < -0.39 is 34.9 Å². The Bertz CT molecular complexity index is 1100. The van der Waals surface area contributed by atoms with Crippen LogP contribution in [0.2, 0.25) is 0 Å². The van der Waals surface area contributed by atoms with E-state index in [4.69, 9.17) is 10.5 Å². The number of carbonyl (C=O) groups excluding carboxylic acids is 1. The lowest BCUT2D eigenvalue weighted by Gasteiger charge is -2.11. The maximum Gasteiger partial charge on any atom is 0.347 e. The lowest BCUT2D eigenvalue weighted by molar-refractivity contribution is 0.0681. The number of rotatable bonds is 4. The number of carbonyl (C=O) groups is 2. The Balaban J connectivity index is 1.97. The Morgan fingerprint density at radius 3 is 2.32 bits per heavy atom. The van der Waals surface area contributed by atoms with Gasteiger partial charge in [-0.25, -0.2) is 18.4 Å². The lowest BCUT2D eigenvalue weighted by atomic mass is 10.0. The molecule has 0 aromatic heterocycles. The van der Waals surface area contributed by atoms with Crippen molar-refractivity contribution >= 4 is 17.6 Å². The number of benzene rings is 3. The minimum absolute atomic E-state index is 0.0158. The summed E-state index contributed by atoms with van der Waals surface area (Å²) in [5.41, 5.74) is 5.24. The Kier molecular flexibility index (Phi) is 4.95. The largest absolute Gasteiger partial charge is 0.507 e. The van der Waals surface area contributed by atoms with E-state index in [1.54, 1.807) is 0 Å². The molecule has 0 heterocycles. The van der Waals surface area contributed by atoms with Crippen molar-refractivity contribution in [1.29, 1.82) is 0 Å². The predicted molar refractivity (Wildman–Crippen MR) is 96.2 cm³/mol. The van der Waals surface area contributed by atoms with Gasteiger partial charge in [0.05, 0.1) is 0 Å². The lowest BCUT2D eigenvalue weighted by Crippen LogP contribution is -2.12. The van der Waals surface area contributed by atoms with Gasteiger partial charge in [-0.2, -0.15) is 0 Å². The average molecular weight is 385 g/mol. The highest BCUT2D eigenvalue weighted by molar-refractivity contribution is 5.98. The third kappa shape index (κ3) is 3.75. The number of aromatic hydroxyl groups is 1. The summed E-state index contributed by atoms with van der Waals surface area (Å²) in [5.74, 6) is -4.79. The summed E-state index contributed by atoms with van der Waals surface area (Å²) < 4.78 is 32.1. The summed E-state index contributed by atoms with van der Waals surface area (Å²) >= 11 is 0. The van der Waals surface area contributed by atoms with Crippen molar-refractivity contribution in [2.45, 2.75) is 0 Å². The van der Waals surface area contributed by atoms with Crippen molar-refractivity contribution < 1.29 is 33.3 Å². The van der Waals surface area contributed by atoms with Gasteiger partial charge in [0.1, 0.15) is 34.3 Å². The molecule has 0 aliphatic rings. The summed E-state index contributed by atoms with van der Waals surface area (Å²) in [7, 11) is 0. The van der Waals surface area contributed by atoms with E-state index in [0.717, 1.165) is 18.2 Å². The van der Waals surface area contributed by atoms with Gasteiger partial charge in [-0.1, -0.05) is 6.07 Å². The minimum Gasteiger partial charge on any atom is -0.507 e. The summed E-state index contributed by atoms with van der Waals surface area (Å²) in [4.78, 5) is 23.8. The fourth-order valence-electron chi connectivity index (χ4n) is 2.55. The third-order valence-electron chi connectivity index (χ3n) is 3.90. The first-order valence-corrected chi connectivity index (χ1v) is 7.89. The zero-order valence-corrected chi connectivity index (χ0v) is 14.1. The number of hydrogen-bond donors (Lipinski definition) is 3. The zero-order valence-electron chi connectivity index (χ0n) is 14.1. The Hall–Kier alpha value is -3.94. The number of nitrogens with two attached hydrogens (primary N) is 1. The van der Waals surface area contributed by atoms with Gasteiger partial charge >= 0.3 is 11.9 Å². The smallest absolute Gasteiger partial charge is 0.347 e. The first-order chi connectivity index (χ1) is 13.3. The van der Waals surface area contributed by atoms with Crippen LogP contribution in [0, 0.1) is 11.6 Å². The van der Waals surface area contributed by atoms with Crippen LogP contribution in [0.5, 0.6) is 11.5 Å². The molecule has 3 aromatic carbocycles. The first kappa shape index (κ1) is 18.8. The van der Waals surface area contributed by atoms with Crippen molar-refractivity contribution in [2.75, 3.05) is 5.73 Å². The van der Waals surface area contributed by atoms with Crippen LogP contribution in [0.4, 0.5) is 14.5 Å². The van der Waals surface area contributed by atoms with Gasteiger partial charge in [0.15, 0.2) is 0 Å². The van der Waals surface area contributed by atoms with Crippen LogP contribution in [0.3, 0.4) is 0 Å². The molecule has 0 saturated heterocycles. The van der Waals surface area contributed by atoms with Crippen LogP contribution >= 0.6 is 0 Å². The number of hydrogen-bond acceptors (Lipinski definition) is 5. The summed E-state index contributed by atoms with van der Waals surface area (Å²) in [6.07, 6.45) is 0. The molecule has 0 atom stereocenters. The molecule has 6 nitrogen and oxygen atoms in total. The molecule has 0 spiro atoms. The number of phenols is 1. The summed E-state index contributed by atoms with van der Waals surface area (Å²) in [6.45, 7) is 0. The van der Waals surface area contributed by atoms with Crippen LogP contribution in [-0.2, 0) is 0 Å². The standard InChI is InChI=1S/C20H13F2NO5/c21-11-2-4-13(16(22)8-11)10-1-6-18(15(7-10)19(25)26)28-20(27)14-5-3-12(23)9-17(14)24/h1-9,24H,23H2,(H,25,26). The molecule has 0 aliphatic heterocycles. The van der Waals surface area contributed by atoms with Crippen molar-refractivity contribution in [1.82, 2.24) is 0 Å². The van der Waals surface area contributed by atoms with Gasteiger partial charge in [0.2, 0.25) is 0 Å². The fraction of sp³-hybridized carbons (Fsp3) is 0. The molecule has 0 amide bonds. The van der Waals surface area contributed by atoms with Gasteiger partial charge in [0.25, 0.3) is 0 Å². The number of phenolic OH excluding ortho intramolecular Hbond substituents is 1. The number of carboxylic acids is 1. The van der Waals surface area contributed by atoms with Crippen LogP contribution in [0.25, 0.3) is 11.1 Å². The van der Waals surface area contributed by atoms with Gasteiger partial charge in [-0.05, 0) is 42.0 Å². The van der Waals surface area contributed by atoms with E-state index in [0.29, 0.717) is 6.07 Å². The van der Waals surface area contributed by atoms with Gasteiger partial charge in [0, 0.05) is 23.4 Å². The molecular formula is C20H13F2NO5. The minimum atomic E-state index is -1.42. The number of carboxylic acid groups (broad SMARTS) is 1. The van der Waals surface area contributed by atoms with Gasteiger partial charge in [-0.3, -0.25) is 0 Å². The zero-order chi connectivity index (χ0) is 20.4. The predicted octanol–water partition coefficient (Wildman–Crippen LogP) is 3.84. The number of ether oxygens (including phenoxy) is 1. The molecule has 4 N–H and O–H groups in total. The van der Waals surface area contributed by atoms with E-state index >= 15 is 0 Å². The van der Waals surface area contributed by atoms with Crippen LogP contribution < -0.4 is 10.5 Å². The molecule has 8 heteroatoms. The Morgan fingerprint density at radius 1 is 0.929 bits per heavy atom. The van der Waals surface area contributed by atoms with E-state index in [2.05, 4.69) is 0 Å². The Labute approximate surface area is 157 Å². The van der Waals surface area contributed by atoms with E-state index in [9.17, 15) is 28.6 Å². The SMILES string of the molecule is Nc1ccc(C(=O)Oc2ccc(-c3ccc(F)cc3F)cc2C(=O)O)c(O)c1. The molecule has 0 unspecified atom stereocenters. The van der Waals surface area contributed by atoms with Crippen LogP contribution in [0.15, 0.2) is 54.6 Å². The second-order valence-electron chi connectivity index (χ2n) is 5.81. The monoisotopic (exact) mass is 385 g/mol. The third-order valence-corrected chi connectivity index (χ3v) is 3.90. The number of aromatic carboxylic acids is 1. The Morgan fingerprint density at radius 2 is 1.68 bits per heavy atom. The highest BCUT2D eigenvalue weighted by atomic mass is 19.1. The fourth-order valence-corrected chi connectivity index (χ4v) is 2.55. The van der Waals surface area contributed by atoms with Crippen molar-refractivity contribution in [2.24, 2.45) is 0 Å². The summed E-state index contributed by atoms with van der Waals surface area (Å²) in [5, 5.41) is 19.2. The summed E-state index contributed by atoms with van der Waals surface area (Å²) in [6, 6.07) is 10.2. The second kappa shape index (κ2) is 7.36.